The highest BCUT2D eigenvalue weighted by Crippen LogP contribution is 2.11. The van der Waals surface area contributed by atoms with Gasteiger partial charge in [-0.1, -0.05) is 0 Å². The summed E-state index contributed by atoms with van der Waals surface area (Å²) >= 11 is 0. The van der Waals surface area contributed by atoms with E-state index in [9.17, 15) is 14.7 Å². The van der Waals surface area contributed by atoms with Gasteiger partial charge >= 0.3 is 5.97 Å². The van der Waals surface area contributed by atoms with E-state index in [0.29, 0.717) is 0 Å². The Morgan fingerprint density at radius 3 is 2.23 bits per heavy atom. The van der Waals surface area contributed by atoms with E-state index in [0.717, 1.165) is 0 Å². The van der Waals surface area contributed by atoms with Gasteiger partial charge in [0.25, 0.3) is 0 Å². The van der Waals surface area contributed by atoms with Gasteiger partial charge in [-0.25, -0.2) is 4.79 Å². The molecule has 76 valence electrons. The SMILES string of the molecule is COC(=O)[C@@](C)(NC(C)=O)[C@@H](C)O. The van der Waals surface area contributed by atoms with Gasteiger partial charge in [0.05, 0.1) is 13.2 Å². The number of hydrogen-bond acceptors (Lipinski definition) is 4. The number of carbonyl (C=O) groups excluding carboxylic acids is 2. The molecule has 0 aromatic rings. The molecule has 2 N–H and O–H groups in total. The standard InChI is InChI=1S/C8H15NO4/c1-5(10)8(3,7(12)13-4)9-6(2)11/h5,10H,1-4H3,(H,9,11)/t5-,8+/m1/s1. The van der Waals surface area contributed by atoms with Crippen LogP contribution in [0.1, 0.15) is 20.8 Å². The van der Waals surface area contributed by atoms with Crippen LogP contribution >= 0.6 is 0 Å². The second-order valence-corrected chi connectivity index (χ2v) is 3.05. The summed E-state index contributed by atoms with van der Waals surface area (Å²) in [5.74, 6) is -1.06. The van der Waals surface area contributed by atoms with Crippen LogP contribution in [0.4, 0.5) is 0 Å². The summed E-state index contributed by atoms with van der Waals surface area (Å²) in [6.07, 6.45) is -1.01. The number of aliphatic hydroxyl groups excluding tert-OH is 1. The Kier molecular flexibility index (Phi) is 3.87. The molecule has 0 unspecified atom stereocenters. The van der Waals surface area contributed by atoms with Gasteiger partial charge in [-0.05, 0) is 13.8 Å². The second kappa shape index (κ2) is 4.23. The number of amides is 1. The Bertz CT molecular complexity index is 214. The lowest BCUT2D eigenvalue weighted by Gasteiger charge is -2.29. The van der Waals surface area contributed by atoms with Crippen LogP contribution < -0.4 is 5.32 Å². The molecule has 13 heavy (non-hydrogen) atoms. The number of aliphatic hydroxyl groups is 1. The first-order valence-electron chi connectivity index (χ1n) is 3.89. The van der Waals surface area contributed by atoms with Crippen LogP contribution in [0.5, 0.6) is 0 Å². The van der Waals surface area contributed by atoms with Crippen LogP contribution in [-0.2, 0) is 14.3 Å². The Balaban J connectivity index is 4.72. The fourth-order valence-electron chi connectivity index (χ4n) is 0.904. The van der Waals surface area contributed by atoms with E-state index in [2.05, 4.69) is 10.1 Å². The highest BCUT2D eigenvalue weighted by Gasteiger charge is 2.40. The maximum Gasteiger partial charge on any atom is 0.334 e. The number of carbonyl (C=O) groups is 2. The monoisotopic (exact) mass is 189 g/mol. The van der Waals surface area contributed by atoms with Gasteiger partial charge in [-0.3, -0.25) is 4.79 Å². The molecule has 0 aliphatic rings. The summed E-state index contributed by atoms with van der Waals surface area (Å²) in [4.78, 5) is 22.0. The van der Waals surface area contributed by atoms with Crippen molar-refractivity contribution in [2.45, 2.75) is 32.4 Å². The van der Waals surface area contributed by atoms with Crippen molar-refractivity contribution in [3.05, 3.63) is 0 Å². The molecule has 0 aromatic carbocycles. The number of methoxy groups -OCH3 is 1. The van der Waals surface area contributed by atoms with Crippen molar-refractivity contribution in [3.8, 4) is 0 Å². The quantitative estimate of drug-likeness (QED) is 0.583. The minimum absolute atomic E-state index is 0.395. The molecule has 0 aliphatic carbocycles. The first-order valence-corrected chi connectivity index (χ1v) is 3.89. The van der Waals surface area contributed by atoms with Gasteiger partial charge in [-0.15, -0.1) is 0 Å². The Labute approximate surface area is 77.1 Å². The summed E-state index contributed by atoms with van der Waals surface area (Å²) in [6, 6.07) is 0. The molecule has 5 heteroatoms. The van der Waals surface area contributed by atoms with Crippen LogP contribution in [-0.4, -0.2) is 35.7 Å². The number of nitrogens with one attached hydrogen (secondary N) is 1. The van der Waals surface area contributed by atoms with Crippen molar-refractivity contribution in [1.82, 2.24) is 5.32 Å². The summed E-state index contributed by atoms with van der Waals surface area (Å²) in [5, 5.41) is 11.6. The van der Waals surface area contributed by atoms with Gasteiger partial charge in [0.2, 0.25) is 5.91 Å². The fraction of sp³-hybridized carbons (Fsp3) is 0.750. The largest absolute Gasteiger partial charge is 0.467 e. The molecule has 0 aliphatic heterocycles. The van der Waals surface area contributed by atoms with Crippen LogP contribution in [0.2, 0.25) is 0 Å². The van der Waals surface area contributed by atoms with E-state index in [1.54, 1.807) is 0 Å². The third-order valence-corrected chi connectivity index (χ3v) is 1.88. The molecular weight excluding hydrogens is 174 g/mol. The molecule has 5 nitrogen and oxygen atoms in total. The molecule has 0 spiro atoms. The molecule has 0 saturated heterocycles. The van der Waals surface area contributed by atoms with Crippen LogP contribution in [0.3, 0.4) is 0 Å². The molecule has 0 saturated carbocycles. The van der Waals surface area contributed by atoms with E-state index in [1.165, 1.54) is 27.9 Å². The fourth-order valence-corrected chi connectivity index (χ4v) is 0.904. The molecule has 0 aromatic heterocycles. The summed E-state index contributed by atoms with van der Waals surface area (Å²) in [5.41, 5.74) is -1.37. The number of hydrogen-bond donors (Lipinski definition) is 2. The van der Waals surface area contributed by atoms with Gasteiger partial charge < -0.3 is 15.2 Å². The lowest BCUT2D eigenvalue weighted by atomic mass is 9.96. The van der Waals surface area contributed by atoms with Crippen molar-refractivity contribution in [2.24, 2.45) is 0 Å². The van der Waals surface area contributed by atoms with Crippen molar-refractivity contribution in [1.29, 1.82) is 0 Å². The molecule has 0 heterocycles. The van der Waals surface area contributed by atoms with Crippen molar-refractivity contribution in [3.63, 3.8) is 0 Å². The predicted octanol–water partition coefficient (Wildman–Crippen LogP) is -0.565. The van der Waals surface area contributed by atoms with E-state index >= 15 is 0 Å². The Morgan fingerprint density at radius 2 is 2.00 bits per heavy atom. The van der Waals surface area contributed by atoms with Crippen molar-refractivity contribution in [2.75, 3.05) is 7.11 Å². The average molecular weight is 189 g/mol. The number of esters is 1. The minimum atomic E-state index is -1.37. The second-order valence-electron chi connectivity index (χ2n) is 3.05. The van der Waals surface area contributed by atoms with Gasteiger partial charge in [-0.2, -0.15) is 0 Å². The van der Waals surface area contributed by atoms with E-state index in [-0.39, 0.29) is 0 Å². The van der Waals surface area contributed by atoms with Gasteiger partial charge in [0.1, 0.15) is 0 Å². The number of rotatable bonds is 3. The van der Waals surface area contributed by atoms with Crippen molar-refractivity contribution < 1.29 is 19.4 Å². The zero-order valence-electron chi connectivity index (χ0n) is 8.25. The highest BCUT2D eigenvalue weighted by molar-refractivity contribution is 5.87. The van der Waals surface area contributed by atoms with Crippen LogP contribution in [0.25, 0.3) is 0 Å². The normalized spacial score (nSPS) is 17.0. The maximum atomic E-state index is 11.2. The smallest absolute Gasteiger partial charge is 0.334 e. The Morgan fingerprint density at radius 1 is 1.54 bits per heavy atom. The van der Waals surface area contributed by atoms with Crippen LogP contribution in [0.15, 0.2) is 0 Å². The summed E-state index contributed by atoms with van der Waals surface area (Å²) in [7, 11) is 1.20. The third-order valence-electron chi connectivity index (χ3n) is 1.88. The zero-order valence-corrected chi connectivity index (χ0v) is 8.25. The molecule has 0 bridgehead atoms. The number of ether oxygens (including phenoxy) is 1. The minimum Gasteiger partial charge on any atom is -0.467 e. The van der Waals surface area contributed by atoms with E-state index < -0.39 is 23.5 Å². The van der Waals surface area contributed by atoms with E-state index in [1.807, 2.05) is 0 Å². The lowest BCUT2D eigenvalue weighted by molar-refractivity contribution is -0.154. The molecular formula is C8H15NO4. The first kappa shape index (κ1) is 11.9. The average Bonchev–Trinajstić information content (AvgIpc) is 2.01. The highest BCUT2D eigenvalue weighted by atomic mass is 16.5. The molecule has 2 atom stereocenters. The first-order chi connectivity index (χ1) is 5.84. The molecule has 1 amide bonds. The topological polar surface area (TPSA) is 75.6 Å². The molecule has 0 rings (SSSR count). The lowest BCUT2D eigenvalue weighted by Crippen LogP contribution is -2.59. The maximum absolute atomic E-state index is 11.2. The van der Waals surface area contributed by atoms with Gasteiger partial charge in [0.15, 0.2) is 5.54 Å². The molecule has 0 fully saturated rings. The van der Waals surface area contributed by atoms with E-state index in [4.69, 9.17) is 0 Å². The third kappa shape index (κ3) is 2.69. The summed E-state index contributed by atoms with van der Waals surface area (Å²) < 4.78 is 4.46. The molecule has 0 radical (unpaired) electrons. The zero-order chi connectivity index (χ0) is 10.6. The van der Waals surface area contributed by atoms with Crippen LogP contribution in [0, 0.1) is 0 Å². The Hall–Kier alpha value is -1.10. The van der Waals surface area contributed by atoms with Crippen molar-refractivity contribution >= 4 is 11.9 Å². The summed E-state index contributed by atoms with van der Waals surface area (Å²) in [6.45, 7) is 4.08. The van der Waals surface area contributed by atoms with Gasteiger partial charge in [0, 0.05) is 6.92 Å². The predicted molar refractivity (Wildman–Crippen MR) is 45.9 cm³/mol.